The van der Waals surface area contributed by atoms with Gasteiger partial charge in [0.15, 0.2) is 11.9 Å². The van der Waals surface area contributed by atoms with Crippen LogP contribution in [0.5, 0.6) is 0 Å². The minimum absolute atomic E-state index is 0.362. The van der Waals surface area contributed by atoms with Crippen LogP contribution in [0.4, 0.5) is 4.39 Å². The van der Waals surface area contributed by atoms with E-state index in [9.17, 15) is 9.90 Å². The van der Waals surface area contributed by atoms with E-state index in [-0.39, 0.29) is 0 Å². The van der Waals surface area contributed by atoms with Crippen LogP contribution in [-0.2, 0) is 24.6 Å². The molecule has 0 radical (unpaired) electrons. The predicted molar refractivity (Wildman–Crippen MR) is 165 cm³/mol. The molecular weight excluding hydrogens is 531 g/mol. The first-order valence-electron chi connectivity index (χ1n) is 16.8. The molecule has 0 amide bonds. The van der Waals surface area contributed by atoms with Crippen LogP contribution in [0, 0.1) is 17.8 Å². The molecule has 2 atom stereocenters. The zero-order valence-electron chi connectivity index (χ0n) is 25.7. The summed E-state index contributed by atoms with van der Waals surface area (Å²) in [6.07, 6.45) is 23.5. The Labute approximate surface area is 252 Å². The van der Waals surface area contributed by atoms with E-state index in [1.807, 2.05) is 24.3 Å². The number of carboxylic acids is 1. The van der Waals surface area contributed by atoms with Crippen molar-refractivity contribution in [1.82, 2.24) is 0 Å². The molecule has 0 aromatic heterocycles. The number of hydrogen-bond donors (Lipinski definition) is 1. The van der Waals surface area contributed by atoms with Gasteiger partial charge in [-0.2, -0.15) is 0 Å². The highest BCUT2D eigenvalue weighted by Gasteiger charge is 2.42. The molecule has 0 bridgehead atoms. The standard InChI is InChI=1S/C36H53FO5/c1-2-3-4-5-6-10-19-29-26-40-35(41-27-29)31-20-13-14-21-32(31)36(23-22-30(34(38)39)25-33(36)37)42-24-15-8-7-9-16-28-17-11-12-18-28/h13-14,20-23,25,28-30,35H,2-12,15-19,24,26-27H2,1H3,(H,38,39). The fourth-order valence-electron chi connectivity index (χ4n) is 6.79. The Kier molecular flexibility index (Phi) is 13.6. The fraction of sp³-hybridized carbons (Fsp3) is 0.694. The highest BCUT2D eigenvalue weighted by molar-refractivity contribution is 5.75. The summed E-state index contributed by atoms with van der Waals surface area (Å²) >= 11 is 0. The number of aliphatic carboxylic acids is 1. The van der Waals surface area contributed by atoms with Gasteiger partial charge in [0.2, 0.25) is 0 Å². The van der Waals surface area contributed by atoms with Crippen LogP contribution in [0.2, 0.25) is 0 Å². The number of carbonyl (C=O) groups is 1. The molecule has 2 unspecified atom stereocenters. The Morgan fingerprint density at radius 3 is 2.26 bits per heavy atom. The third-order valence-electron chi connectivity index (χ3n) is 9.36. The van der Waals surface area contributed by atoms with E-state index in [0.29, 0.717) is 31.3 Å². The quantitative estimate of drug-likeness (QED) is 0.137. The van der Waals surface area contributed by atoms with Crippen molar-refractivity contribution in [3.05, 3.63) is 59.4 Å². The lowest BCUT2D eigenvalue weighted by molar-refractivity contribution is -0.207. The average molecular weight is 585 g/mol. The lowest BCUT2D eigenvalue weighted by Gasteiger charge is -2.37. The molecule has 1 aromatic carbocycles. The first-order valence-corrected chi connectivity index (χ1v) is 16.8. The van der Waals surface area contributed by atoms with Crippen LogP contribution in [-0.4, -0.2) is 30.9 Å². The van der Waals surface area contributed by atoms with Crippen molar-refractivity contribution in [2.45, 2.75) is 122 Å². The molecule has 42 heavy (non-hydrogen) atoms. The Morgan fingerprint density at radius 1 is 0.929 bits per heavy atom. The Bertz CT molecular complexity index is 1010. The van der Waals surface area contributed by atoms with Crippen LogP contribution in [0.15, 0.2) is 48.3 Å². The van der Waals surface area contributed by atoms with Crippen LogP contribution < -0.4 is 0 Å². The Hall–Kier alpha value is -2.02. The molecule has 0 spiro atoms. The zero-order chi connectivity index (χ0) is 29.6. The van der Waals surface area contributed by atoms with E-state index in [1.165, 1.54) is 89.2 Å². The molecule has 1 N–H and O–H groups in total. The second kappa shape index (κ2) is 17.3. The molecule has 4 rings (SSSR count). The van der Waals surface area contributed by atoms with Crippen molar-refractivity contribution >= 4 is 5.97 Å². The summed E-state index contributed by atoms with van der Waals surface area (Å²) in [6, 6.07) is 7.53. The smallest absolute Gasteiger partial charge is 0.314 e. The predicted octanol–water partition coefficient (Wildman–Crippen LogP) is 9.58. The van der Waals surface area contributed by atoms with Crippen LogP contribution in [0.3, 0.4) is 0 Å². The summed E-state index contributed by atoms with van der Waals surface area (Å²) in [5.41, 5.74) is -0.150. The highest BCUT2D eigenvalue weighted by atomic mass is 19.1. The number of carboxylic acid groups (broad SMARTS) is 1. The normalized spacial score (nSPS) is 26.4. The maximum Gasteiger partial charge on any atom is 0.314 e. The van der Waals surface area contributed by atoms with Crippen molar-refractivity contribution in [3.8, 4) is 0 Å². The van der Waals surface area contributed by atoms with Gasteiger partial charge in [0.25, 0.3) is 0 Å². The van der Waals surface area contributed by atoms with Gasteiger partial charge in [-0.1, -0.05) is 127 Å². The summed E-state index contributed by atoms with van der Waals surface area (Å²) in [5.74, 6) is -1.43. The van der Waals surface area contributed by atoms with Gasteiger partial charge in [-0.05, 0) is 30.9 Å². The van der Waals surface area contributed by atoms with Crippen molar-refractivity contribution in [2.24, 2.45) is 17.8 Å². The molecule has 2 aliphatic carbocycles. The first kappa shape index (κ1) is 32.9. The van der Waals surface area contributed by atoms with Gasteiger partial charge in [-0.3, -0.25) is 4.79 Å². The van der Waals surface area contributed by atoms with Gasteiger partial charge in [-0.15, -0.1) is 0 Å². The van der Waals surface area contributed by atoms with Crippen molar-refractivity contribution in [2.75, 3.05) is 19.8 Å². The van der Waals surface area contributed by atoms with Crippen LogP contribution >= 0.6 is 0 Å². The van der Waals surface area contributed by atoms with E-state index >= 15 is 4.39 Å². The summed E-state index contributed by atoms with van der Waals surface area (Å²) in [4.78, 5) is 11.6. The third kappa shape index (κ3) is 9.24. The summed E-state index contributed by atoms with van der Waals surface area (Å²) in [6.45, 7) is 3.84. The number of benzene rings is 1. The van der Waals surface area contributed by atoms with Crippen molar-refractivity contribution in [1.29, 1.82) is 0 Å². The minimum Gasteiger partial charge on any atom is -0.481 e. The summed E-state index contributed by atoms with van der Waals surface area (Å²) in [5, 5.41) is 9.53. The summed E-state index contributed by atoms with van der Waals surface area (Å²) < 4.78 is 34.8. The number of ether oxygens (including phenoxy) is 3. The molecule has 1 heterocycles. The van der Waals surface area contributed by atoms with E-state index in [2.05, 4.69) is 6.92 Å². The molecule has 1 saturated heterocycles. The lowest BCUT2D eigenvalue weighted by atomic mass is 9.82. The molecule has 1 saturated carbocycles. The largest absolute Gasteiger partial charge is 0.481 e. The van der Waals surface area contributed by atoms with Crippen molar-refractivity contribution in [3.63, 3.8) is 0 Å². The van der Waals surface area contributed by atoms with Gasteiger partial charge in [0.1, 0.15) is 5.83 Å². The monoisotopic (exact) mass is 584 g/mol. The number of unbranched alkanes of at least 4 members (excludes halogenated alkanes) is 8. The SMILES string of the molecule is CCCCCCCCC1COC(c2ccccc2C2(OCCCCCCC3CCCC3)C=CC(C(=O)O)C=C2F)OC1. The Balaban J connectivity index is 1.37. The molecule has 5 nitrogen and oxygen atoms in total. The second-order valence-corrected chi connectivity index (χ2v) is 12.7. The van der Waals surface area contributed by atoms with E-state index in [4.69, 9.17) is 14.2 Å². The summed E-state index contributed by atoms with van der Waals surface area (Å²) in [7, 11) is 0. The maximum absolute atomic E-state index is 16.0. The van der Waals surface area contributed by atoms with Gasteiger partial charge >= 0.3 is 5.97 Å². The van der Waals surface area contributed by atoms with Gasteiger partial charge in [0.05, 0.1) is 19.1 Å². The molecule has 234 valence electrons. The van der Waals surface area contributed by atoms with Crippen LogP contribution in [0.25, 0.3) is 0 Å². The topological polar surface area (TPSA) is 65.0 Å². The van der Waals surface area contributed by atoms with E-state index < -0.39 is 29.6 Å². The lowest BCUT2D eigenvalue weighted by Crippen LogP contribution is -2.35. The average Bonchev–Trinajstić information content (AvgIpc) is 3.53. The molecule has 6 heteroatoms. The maximum atomic E-state index is 16.0. The second-order valence-electron chi connectivity index (χ2n) is 12.7. The molecule has 3 aliphatic rings. The molecule has 2 fully saturated rings. The van der Waals surface area contributed by atoms with Gasteiger partial charge in [-0.25, -0.2) is 4.39 Å². The molecule has 1 aromatic rings. The number of rotatable bonds is 18. The molecular formula is C36H53FO5. The van der Waals surface area contributed by atoms with E-state index in [1.54, 1.807) is 6.08 Å². The van der Waals surface area contributed by atoms with Crippen LogP contribution in [0.1, 0.15) is 127 Å². The van der Waals surface area contributed by atoms with Crippen molar-refractivity contribution < 1.29 is 28.5 Å². The number of halogens is 1. The van der Waals surface area contributed by atoms with Gasteiger partial charge in [0, 0.05) is 23.7 Å². The minimum atomic E-state index is -1.49. The highest BCUT2D eigenvalue weighted by Crippen LogP contribution is 2.44. The number of hydrogen-bond acceptors (Lipinski definition) is 4. The van der Waals surface area contributed by atoms with Gasteiger partial charge < -0.3 is 19.3 Å². The Morgan fingerprint density at radius 2 is 1.57 bits per heavy atom. The van der Waals surface area contributed by atoms with E-state index in [0.717, 1.165) is 37.2 Å². The zero-order valence-corrected chi connectivity index (χ0v) is 25.7. The third-order valence-corrected chi connectivity index (χ3v) is 9.36. The molecule has 1 aliphatic heterocycles. The first-order chi connectivity index (χ1) is 20.5. The fourth-order valence-corrected chi connectivity index (χ4v) is 6.79.